The third-order valence-electron chi connectivity index (χ3n) is 2.49. The number of nitrogens with one attached hydrogen (secondary N) is 1. The summed E-state index contributed by atoms with van der Waals surface area (Å²) in [5.41, 5.74) is 0. The zero-order valence-electron chi connectivity index (χ0n) is 9.70. The van der Waals surface area contributed by atoms with E-state index >= 15 is 0 Å². The third kappa shape index (κ3) is 3.48. The number of halogens is 3. The highest BCUT2D eigenvalue weighted by molar-refractivity contribution is 9.10. The van der Waals surface area contributed by atoms with Crippen LogP contribution in [0.25, 0.3) is 0 Å². The van der Waals surface area contributed by atoms with Crippen LogP contribution in [0.2, 0.25) is 0 Å². The van der Waals surface area contributed by atoms with E-state index in [2.05, 4.69) is 20.8 Å². The van der Waals surface area contributed by atoms with E-state index in [0.29, 0.717) is 32.4 Å². The minimum absolute atomic E-state index is 0.161. The number of ether oxygens (including phenoxy) is 1. The van der Waals surface area contributed by atoms with Gasteiger partial charge < -0.3 is 4.74 Å². The molecule has 1 saturated heterocycles. The largest absolute Gasteiger partial charge is 0.379 e. The first kappa shape index (κ1) is 14.8. The number of hydrazine groups is 1. The molecule has 0 amide bonds. The van der Waals surface area contributed by atoms with E-state index in [1.807, 2.05) is 0 Å². The fraction of sp³-hybridized carbons (Fsp3) is 0.400. The van der Waals surface area contributed by atoms with E-state index in [0.717, 1.165) is 6.07 Å². The first-order chi connectivity index (χ1) is 8.90. The Hall–Kier alpha value is -0.610. The van der Waals surface area contributed by atoms with Crippen LogP contribution < -0.4 is 4.83 Å². The molecular weight excluding hydrogens is 346 g/mol. The smallest absolute Gasteiger partial charge is 0.257 e. The van der Waals surface area contributed by atoms with Gasteiger partial charge in [0.05, 0.1) is 13.2 Å². The molecule has 5 nitrogen and oxygen atoms in total. The van der Waals surface area contributed by atoms with Crippen molar-refractivity contribution in [2.75, 3.05) is 26.3 Å². The summed E-state index contributed by atoms with van der Waals surface area (Å²) in [6.45, 7) is 1.49. The van der Waals surface area contributed by atoms with Crippen molar-refractivity contribution < 1.29 is 21.9 Å². The molecule has 106 valence electrons. The van der Waals surface area contributed by atoms with Crippen molar-refractivity contribution in [1.29, 1.82) is 0 Å². The fourth-order valence-corrected chi connectivity index (χ4v) is 3.95. The minimum Gasteiger partial charge on any atom is -0.379 e. The Morgan fingerprint density at radius 2 is 1.89 bits per heavy atom. The minimum atomic E-state index is -4.11. The second kappa shape index (κ2) is 5.80. The van der Waals surface area contributed by atoms with Crippen LogP contribution >= 0.6 is 15.9 Å². The maximum absolute atomic E-state index is 13.6. The van der Waals surface area contributed by atoms with Crippen molar-refractivity contribution in [3.05, 3.63) is 28.2 Å². The Morgan fingerprint density at radius 1 is 1.26 bits per heavy atom. The molecule has 0 spiro atoms. The molecule has 2 rings (SSSR count). The molecule has 1 fully saturated rings. The van der Waals surface area contributed by atoms with Gasteiger partial charge in [0.1, 0.15) is 16.5 Å². The number of morpholine rings is 1. The zero-order chi connectivity index (χ0) is 14.0. The molecule has 1 aliphatic heterocycles. The molecular formula is C10H11BrF2N2O3S. The van der Waals surface area contributed by atoms with Crippen LogP contribution in [0.15, 0.2) is 21.5 Å². The van der Waals surface area contributed by atoms with Crippen molar-refractivity contribution >= 4 is 26.0 Å². The highest BCUT2D eigenvalue weighted by atomic mass is 79.9. The Balaban J connectivity index is 2.29. The lowest BCUT2D eigenvalue weighted by Gasteiger charge is -2.26. The summed E-state index contributed by atoms with van der Waals surface area (Å²) in [4.78, 5) is 1.63. The van der Waals surface area contributed by atoms with E-state index in [-0.39, 0.29) is 4.47 Å². The summed E-state index contributed by atoms with van der Waals surface area (Å²) >= 11 is 2.86. The summed E-state index contributed by atoms with van der Waals surface area (Å²) in [6, 6.07) is 1.43. The van der Waals surface area contributed by atoms with E-state index in [1.54, 1.807) is 0 Å². The van der Waals surface area contributed by atoms with Gasteiger partial charge in [-0.2, -0.15) is 0 Å². The molecule has 0 bridgehead atoms. The van der Waals surface area contributed by atoms with Crippen molar-refractivity contribution in [3.8, 4) is 0 Å². The van der Waals surface area contributed by atoms with Gasteiger partial charge in [-0.3, -0.25) is 0 Å². The number of sulfonamides is 1. The average molecular weight is 357 g/mol. The summed E-state index contributed by atoms with van der Waals surface area (Å²) in [5, 5.41) is 1.41. The standard InChI is InChI=1S/C10H11BrF2N2O3S/c11-8-5-7(12)6-9(13)10(8)19(16,17)14-15-1-3-18-4-2-15/h5-6,14H,1-4H2. The molecule has 9 heteroatoms. The number of nitrogens with zero attached hydrogens (tertiary/aromatic N) is 1. The SMILES string of the molecule is O=S(=O)(NN1CCOCC1)c1c(F)cc(F)cc1Br. The van der Waals surface area contributed by atoms with Crippen LogP contribution in [0.5, 0.6) is 0 Å². The van der Waals surface area contributed by atoms with E-state index in [1.165, 1.54) is 5.01 Å². The molecule has 0 saturated carbocycles. The quantitative estimate of drug-likeness (QED) is 0.885. The summed E-state index contributed by atoms with van der Waals surface area (Å²) in [7, 11) is -4.11. The van der Waals surface area contributed by atoms with Gasteiger partial charge in [0.15, 0.2) is 0 Å². The molecule has 1 aromatic carbocycles. The second-order valence-corrected chi connectivity index (χ2v) is 6.34. The average Bonchev–Trinajstić information content (AvgIpc) is 2.27. The normalized spacial score (nSPS) is 17.6. The Labute approximate surface area is 117 Å². The maximum Gasteiger partial charge on any atom is 0.257 e. The maximum atomic E-state index is 13.6. The van der Waals surface area contributed by atoms with Gasteiger partial charge in [0.25, 0.3) is 10.0 Å². The van der Waals surface area contributed by atoms with Crippen molar-refractivity contribution in [2.24, 2.45) is 0 Å². The van der Waals surface area contributed by atoms with Gasteiger partial charge in [-0.1, -0.05) is 0 Å². The topological polar surface area (TPSA) is 58.6 Å². The van der Waals surface area contributed by atoms with Crippen molar-refractivity contribution in [3.63, 3.8) is 0 Å². The number of hydrogen-bond acceptors (Lipinski definition) is 4. The van der Waals surface area contributed by atoms with Crippen LogP contribution in [0.4, 0.5) is 8.78 Å². The summed E-state index contributed by atoms with van der Waals surface area (Å²) in [5.74, 6) is -2.00. The van der Waals surface area contributed by atoms with Gasteiger partial charge in [-0.25, -0.2) is 22.2 Å². The highest BCUT2D eigenvalue weighted by Crippen LogP contribution is 2.26. The monoisotopic (exact) mass is 356 g/mol. The summed E-state index contributed by atoms with van der Waals surface area (Å²) < 4.78 is 55.6. The molecule has 0 aliphatic carbocycles. The van der Waals surface area contributed by atoms with E-state index < -0.39 is 26.6 Å². The van der Waals surface area contributed by atoms with Gasteiger partial charge in [-0.05, 0) is 22.0 Å². The van der Waals surface area contributed by atoms with Gasteiger partial charge in [0, 0.05) is 23.6 Å². The molecule has 19 heavy (non-hydrogen) atoms. The number of rotatable bonds is 3. The molecule has 0 unspecified atom stereocenters. The molecule has 0 aromatic heterocycles. The van der Waals surface area contributed by atoms with E-state index in [4.69, 9.17) is 4.74 Å². The summed E-state index contributed by atoms with van der Waals surface area (Å²) in [6.07, 6.45) is 0. The molecule has 1 aliphatic rings. The van der Waals surface area contributed by atoms with Crippen LogP contribution in [0, 0.1) is 11.6 Å². The highest BCUT2D eigenvalue weighted by Gasteiger charge is 2.26. The van der Waals surface area contributed by atoms with Crippen LogP contribution in [-0.2, 0) is 14.8 Å². The van der Waals surface area contributed by atoms with Crippen molar-refractivity contribution in [1.82, 2.24) is 9.84 Å². The molecule has 1 aromatic rings. The Bertz CT molecular complexity index is 553. The first-order valence-corrected chi connectivity index (χ1v) is 7.67. The number of hydrogen-bond donors (Lipinski definition) is 1. The number of benzene rings is 1. The predicted octanol–water partition coefficient (Wildman–Crippen LogP) is 1.25. The Morgan fingerprint density at radius 3 is 2.47 bits per heavy atom. The Kier molecular flexibility index (Phi) is 4.51. The van der Waals surface area contributed by atoms with Gasteiger partial charge in [-0.15, -0.1) is 4.83 Å². The van der Waals surface area contributed by atoms with E-state index in [9.17, 15) is 17.2 Å². The van der Waals surface area contributed by atoms with Crippen molar-refractivity contribution in [2.45, 2.75) is 4.90 Å². The molecule has 1 N–H and O–H groups in total. The fourth-order valence-electron chi connectivity index (χ4n) is 1.66. The lowest BCUT2D eigenvalue weighted by Crippen LogP contribution is -2.48. The molecule has 0 radical (unpaired) electrons. The van der Waals surface area contributed by atoms with Crippen LogP contribution in [0.1, 0.15) is 0 Å². The molecule has 1 heterocycles. The lowest BCUT2D eigenvalue weighted by molar-refractivity contribution is 0.0272. The lowest BCUT2D eigenvalue weighted by atomic mass is 10.3. The molecule has 0 atom stereocenters. The van der Waals surface area contributed by atoms with Crippen LogP contribution in [0.3, 0.4) is 0 Å². The van der Waals surface area contributed by atoms with Crippen LogP contribution in [-0.4, -0.2) is 39.7 Å². The predicted molar refractivity (Wildman–Crippen MR) is 66.8 cm³/mol. The first-order valence-electron chi connectivity index (χ1n) is 5.40. The zero-order valence-corrected chi connectivity index (χ0v) is 12.1. The second-order valence-electron chi connectivity index (χ2n) is 3.89. The third-order valence-corrected chi connectivity index (χ3v) is 4.83. The van der Waals surface area contributed by atoms with Gasteiger partial charge >= 0.3 is 0 Å². The van der Waals surface area contributed by atoms with Gasteiger partial charge in [0.2, 0.25) is 0 Å².